The third-order valence-corrected chi connectivity index (χ3v) is 4.70. The molecular weight excluding hydrogens is 374 g/mol. The van der Waals surface area contributed by atoms with Crippen LogP contribution in [0.3, 0.4) is 0 Å². The number of aryl methyl sites for hydroxylation is 1. The first kappa shape index (κ1) is 19.9. The molecule has 0 radical (unpaired) electrons. The Morgan fingerprint density at radius 1 is 1.14 bits per heavy atom. The average Bonchev–Trinajstić information content (AvgIpc) is 2.63. The summed E-state index contributed by atoms with van der Waals surface area (Å²) >= 11 is 0. The van der Waals surface area contributed by atoms with E-state index >= 15 is 0 Å². The number of hydrogen-bond acceptors (Lipinski definition) is 3. The lowest BCUT2D eigenvalue weighted by Crippen LogP contribution is -2.23. The van der Waals surface area contributed by atoms with Crippen LogP contribution in [0.2, 0.25) is 0 Å². The van der Waals surface area contributed by atoms with Crippen molar-refractivity contribution in [3.8, 4) is 0 Å². The lowest BCUT2D eigenvalue weighted by Gasteiger charge is -2.17. The fourth-order valence-corrected chi connectivity index (χ4v) is 2.98. The second-order valence-electron chi connectivity index (χ2n) is 6.69. The van der Waals surface area contributed by atoms with E-state index < -0.39 is 28.8 Å². The van der Waals surface area contributed by atoms with Gasteiger partial charge < -0.3 is 9.88 Å². The van der Waals surface area contributed by atoms with Gasteiger partial charge >= 0.3 is 5.56 Å². The molecule has 8 heteroatoms. The van der Waals surface area contributed by atoms with Gasteiger partial charge in [0.15, 0.2) is 0 Å². The van der Waals surface area contributed by atoms with Crippen LogP contribution in [0.25, 0.3) is 0 Å². The van der Waals surface area contributed by atoms with Crippen molar-refractivity contribution >= 4 is 5.95 Å². The highest BCUT2D eigenvalue weighted by molar-refractivity contribution is 5.39. The molecule has 0 bridgehead atoms. The van der Waals surface area contributed by atoms with Crippen molar-refractivity contribution in [2.24, 2.45) is 0 Å². The number of aromatic nitrogens is 2. The summed E-state index contributed by atoms with van der Waals surface area (Å²) in [5.74, 6) is -2.81. The van der Waals surface area contributed by atoms with E-state index in [1.54, 1.807) is 19.9 Å². The highest BCUT2D eigenvalue weighted by Crippen LogP contribution is 2.27. The lowest BCUT2D eigenvalue weighted by molar-refractivity contribution is 0.537. The molecule has 1 aromatic heterocycles. The van der Waals surface area contributed by atoms with Gasteiger partial charge in [-0.1, -0.05) is 6.07 Å². The number of nitrogens with one attached hydrogen (secondary N) is 1. The Balaban J connectivity index is 1.91. The molecule has 1 aromatic carbocycles. The summed E-state index contributed by atoms with van der Waals surface area (Å²) in [6.45, 7) is 3.16. The van der Waals surface area contributed by atoms with Crippen molar-refractivity contribution in [1.82, 2.24) is 9.55 Å². The number of allylic oxidation sites excluding steroid dienone is 2. The molecule has 0 saturated carbocycles. The molecule has 1 aliphatic carbocycles. The van der Waals surface area contributed by atoms with Crippen molar-refractivity contribution in [2.45, 2.75) is 33.2 Å². The molecule has 0 fully saturated rings. The fraction of sp³-hybridized carbons (Fsp3) is 0.300. The van der Waals surface area contributed by atoms with Crippen LogP contribution >= 0.6 is 0 Å². The normalized spacial score (nSPS) is 14.3. The molecule has 0 spiro atoms. The van der Waals surface area contributed by atoms with Gasteiger partial charge in [0.25, 0.3) is 0 Å². The SMILES string of the molecule is Cc1cc(Cn2cc(F)c(=O)nc2NCC2=C(F)CCC=C2F)cc(F)c1C. The minimum Gasteiger partial charge on any atom is -0.351 e. The molecule has 1 aliphatic rings. The molecule has 3 rings (SSSR count). The van der Waals surface area contributed by atoms with Gasteiger partial charge in [-0.25, -0.2) is 13.2 Å². The Morgan fingerprint density at radius 2 is 1.89 bits per heavy atom. The van der Waals surface area contributed by atoms with Gasteiger partial charge in [0.2, 0.25) is 11.8 Å². The molecule has 1 heterocycles. The lowest BCUT2D eigenvalue weighted by atomic mass is 10.0. The third kappa shape index (κ3) is 4.16. The first-order valence-electron chi connectivity index (χ1n) is 8.76. The van der Waals surface area contributed by atoms with Crippen LogP contribution in [0.1, 0.15) is 29.5 Å². The predicted octanol–water partition coefficient (Wildman–Crippen LogP) is 4.47. The van der Waals surface area contributed by atoms with Crippen LogP contribution in [0, 0.1) is 25.5 Å². The van der Waals surface area contributed by atoms with Crippen LogP contribution < -0.4 is 10.9 Å². The number of hydrogen-bond donors (Lipinski definition) is 1. The Kier molecular flexibility index (Phi) is 5.67. The van der Waals surface area contributed by atoms with E-state index in [4.69, 9.17) is 0 Å². The van der Waals surface area contributed by atoms with Crippen LogP contribution in [0.15, 0.2) is 46.4 Å². The zero-order valence-corrected chi connectivity index (χ0v) is 15.5. The van der Waals surface area contributed by atoms with Crippen molar-refractivity contribution in [3.63, 3.8) is 0 Å². The molecule has 0 atom stereocenters. The number of rotatable bonds is 5. The standard InChI is InChI=1S/C20H19F4N3O/c1-11-6-13(7-17(23)12(11)2)9-27-10-18(24)19(28)26-20(27)25-8-14-15(21)4-3-5-16(14)22/h4,6-7,10H,3,5,8-9H2,1-2H3,(H,25,26,28). The van der Waals surface area contributed by atoms with E-state index in [9.17, 15) is 22.4 Å². The monoisotopic (exact) mass is 393 g/mol. The fourth-order valence-electron chi connectivity index (χ4n) is 2.98. The van der Waals surface area contributed by atoms with Gasteiger partial charge in [-0.05, 0) is 49.1 Å². The summed E-state index contributed by atoms with van der Waals surface area (Å²) in [5, 5.41) is 2.69. The quantitative estimate of drug-likeness (QED) is 0.763. The molecule has 28 heavy (non-hydrogen) atoms. The van der Waals surface area contributed by atoms with E-state index in [1.165, 1.54) is 16.7 Å². The summed E-state index contributed by atoms with van der Waals surface area (Å²) in [6.07, 6.45) is 2.58. The van der Waals surface area contributed by atoms with Crippen LogP contribution in [0.5, 0.6) is 0 Å². The topological polar surface area (TPSA) is 46.9 Å². The molecule has 2 aromatic rings. The first-order chi connectivity index (χ1) is 13.3. The molecule has 0 aliphatic heterocycles. The van der Waals surface area contributed by atoms with Gasteiger partial charge in [0.1, 0.15) is 17.5 Å². The molecule has 148 valence electrons. The summed E-state index contributed by atoms with van der Waals surface area (Å²) in [5.41, 5.74) is 0.504. The smallest absolute Gasteiger partial charge is 0.310 e. The van der Waals surface area contributed by atoms with Crippen LogP contribution in [-0.2, 0) is 6.54 Å². The number of benzene rings is 1. The molecular formula is C20H19F4N3O. The molecule has 1 N–H and O–H groups in total. The summed E-state index contributed by atoms with van der Waals surface area (Å²) < 4.78 is 56.8. The molecule has 4 nitrogen and oxygen atoms in total. The van der Waals surface area contributed by atoms with Crippen LogP contribution in [-0.4, -0.2) is 16.1 Å². The minimum atomic E-state index is -1.10. The Morgan fingerprint density at radius 3 is 2.57 bits per heavy atom. The second-order valence-corrected chi connectivity index (χ2v) is 6.69. The Labute approximate surface area is 159 Å². The van der Waals surface area contributed by atoms with Gasteiger partial charge in [0, 0.05) is 24.7 Å². The highest BCUT2D eigenvalue weighted by Gasteiger charge is 2.17. The van der Waals surface area contributed by atoms with Crippen LogP contribution in [0.4, 0.5) is 23.5 Å². The average molecular weight is 393 g/mol. The minimum absolute atomic E-state index is 0.0183. The van der Waals surface area contributed by atoms with Crippen molar-refractivity contribution < 1.29 is 17.6 Å². The van der Waals surface area contributed by atoms with E-state index in [0.29, 0.717) is 11.1 Å². The van der Waals surface area contributed by atoms with Crippen molar-refractivity contribution in [3.05, 3.63) is 80.3 Å². The Hall–Kier alpha value is -2.90. The summed E-state index contributed by atoms with van der Waals surface area (Å²) in [6, 6.07) is 3.05. The zero-order chi connectivity index (χ0) is 20.4. The highest BCUT2D eigenvalue weighted by atomic mass is 19.1. The van der Waals surface area contributed by atoms with Gasteiger partial charge in [0.05, 0.1) is 6.54 Å². The Bertz CT molecular complexity index is 1020. The second kappa shape index (κ2) is 8.00. The van der Waals surface area contributed by atoms with Gasteiger partial charge in [-0.15, -0.1) is 0 Å². The number of halogens is 4. The molecule has 0 amide bonds. The predicted molar refractivity (Wildman–Crippen MR) is 98.5 cm³/mol. The third-order valence-electron chi connectivity index (χ3n) is 4.70. The largest absolute Gasteiger partial charge is 0.351 e. The van der Waals surface area contributed by atoms with Crippen molar-refractivity contribution in [2.75, 3.05) is 11.9 Å². The van der Waals surface area contributed by atoms with E-state index in [-0.39, 0.29) is 37.5 Å². The van der Waals surface area contributed by atoms with Crippen molar-refractivity contribution in [1.29, 1.82) is 0 Å². The van der Waals surface area contributed by atoms with Gasteiger partial charge in [-0.2, -0.15) is 9.37 Å². The molecule has 0 unspecified atom stereocenters. The first-order valence-corrected chi connectivity index (χ1v) is 8.76. The molecule has 0 saturated heterocycles. The summed E-state index contributed by atoms with van der Waals surface area (Å²) in [7, 11) is 0. The zero-order valence-electron chi connectivity index (χ0n) is 15.5. The maximum absolute atomic E-state index is 14.0. The van der Waals surface area contributed by atoms with E-state index in [0.717, 1.165) is 11.8 Å². The summed E-state index contributed by atoms with van der Waals surface area (Å²) in [4.78, 5) is 15.2. The number of nitrogens with zero attached hydrogens (tertiary/aromatic N) is 2. The van der Waals surface area contributed by atoms with E-state index in [2.05, 4.69) is 10.3 Å². The van der Waals surface area contributed by atoms with E-state index in [1.807, 2.05) is 0 Å². The maximum atomic E-state index is 14.0. The number of anilines is 1. The maximum Gasteiger partial charge on any atom is 0.310 e. The van der Waals surface area contributed by atoms with Gasteiger partial charge in [-0.3, -0.25) is 4.79 Å².